The van der Waals surface area contributed by atoms with Crippen LogP contribution in [0.3, 0.4) is 0 Å². The van der Waals surface area contributed by atoms with E-state index in [2.05, 4.69) is 15.2 Å². The second-order valence-electron chi connectivity index (χ2n) is 5.27. The molecule has 2 heterocycles. The van der Waals surface area contributed by atoms with E-state index in [1.165, 1.54) is 12.3 Å². The molecule has 0 radical (unpaired) electrons. The summed E-state index contributed by atoms with van der Waals surface area (Å²) in [6, 6.07) is 10.8. The maximum Gasteiger partial charge on any atom is 0.255 e. The number of rotatable bonds is 3. The van der Waals surface area contributed by atoms with Crippen LogP contribution in [0.2, 0.25) is 5.15 Å². The molecule has 1 aliphatic heterocycles. The van der Waals surface area contributed by atoms with E-state index >= 15 is 0 Å². The van der Waals surface area contributed by atoms with Gasteiger partial charge in [-0.3, -0.25) is 4.79 Å². The monoisotopic (exact) mass is 342 g/mol. The normalized spacial score (nSPS) is 14.1. The molecule has 1 fully saturated rings. The number of halogens is 1. The molecule has 1 amide bonds. The van der Waals surface area contributed by atoms with E-state index in [4.69, 9.17) is 21.6 Å². The maximum absolute atomic E-state index is 12.3. The summed E-state index contributed by atoms with van der Waals surface area (Å²) in [5, 5.41) is 11.7. The fourth-order valence-electron chi connectivity index (χ4n) is 2.44. The van der Waals surface area contributed by atoms with Crippen molar-refractivity contribution in [2.24, 2.45) is 0 Å². The van der Waals surface area contributed by atoms with Crippen molar-refractivity contribution >= 4 is 28.9 Å². The Morgan fingerprint density at radius 3 is 2.67 bits per heavy atom. The number of nitriles is 1. The van der Waals surface area contributed by atoms with Crippen molar-refractivity contribution < 1.29 is 9.53 Å². The molecule has 0 aliphatic carbocycles. The van der Waals surface area contributed by atoms with Gasteiger partial charge in [0.25, 0.3) is 5.91 Å². The van der Waals surface area contributed by atoms with Crippen LogP contribution in [-0.2, 0) is 4.74 Å². The second-order valence-corrected chi connectivity index (χ2v) is 5.63. The van der Waals surface area contributed by atoms with Gasteiger partial charge in [0.2, 0.25) is 0 Å². The number of benzene rings is 1. The fraction of sp³-hybridized carbons (Fsp3) is 0.235. The minimum absolute atomic E-state index is 0.146. The molecule has 0 bridgehead atoms. The first kappa shape index (κ1) is 16.2. The van der Waals surface area contributed by atoms with Crippen LogP contribution in [0.25, 0.3) is 0 Å². The predicted octanol–water partition coefficient (Wildman–Crippen LogP) is 2.70. The van der Waals surface area contributed by atoms with Crippen molar-refractivity contribution in [1.82, 2.24) is 4.98 Å². The highest BCUT2D eigenvalue weighted by molar-refractivity contribution is 6.32. The minimum Gasteiger partial charge on any atom is -0.378 e. The number of nitrogens with one attached hydrogen (secondary N) is 1. The molecule has 1 aromatic carbocycles. The third-order valence-electron chi connectivity index (χ3n) is 3.72. The number of ether oxygens (including phenoxy) is 1. The Balaban J connectivity index is 1.72. The molecule has 0 saturated carbocycles. The van der Waals surface area contributed by atoms with Gasteiger partial charge in [0.15, 0.2) is 5.15 Å². The van der Waals surface area contributed by atoms with Crippen LogP contribution in [0.15, 0.2) is 36.5 Å². The number of pyridine rings is 1. The summed E-state index contributed by atoms with van der Waals surface area (Å²) < 4.78 is 5.33. The van der Waals surface area contributed by atoms with Gasteiger partial charge in [-0.05, 0) is 30.3 Å². The van der Waals surface area contributed by atoms with Gasteiger partial charge in [0.1, 0.15) is 6.07 Å². The number of carbonyl (C=O) groups excluding carboxylic acids is 1. The van der Waals surface area contributed by atoms with Gasteiger partial charge in [-0.15, -0.1) is 0 Å². The largest absolute Gasteiger partial charge is 0.378 e. The molecule has 3 rings (SSSR count). The third-order valence-corrected chi connectivity index (χ3v) is 4.02. The molecular formula is C17H15ClN4O2. The topological polar surface area (TPSA) is 78.2 Å². The smallest absolute Gasteiger partial charge is 0.255 e. The Morgan fingerprint density at radius 1 is 1.29 bits per heavy atom. The van der Waals surface area contributed by atoms with Gasteiger partial charge in [0, 0.05) is 30.5 Å². The Bertz CT molecular complexity index is 780. The summed E-state index contributed by atoms with van der Waals surface area (Å²) in [6.07, 6.45) is 1.36. The minimum atomic E-state index is -0.303. The Hall–Kier alpha value is -2.62. The zero-order valence-electron chi connectivity index (χ0n) is 12.8. The number of hydrogen-bond acceptors (Lipinski definition) is 5. The van der Waals surface area contributed by atoms with Crippen molar-refractivity contribution in [1.29, 1.82) is 5.26 Å². The highest BCUT2D eigenvalue weighted by Gasteiger charge is 2.13. The van der Waals surface area contributed by atoms with Crippen molar-refractivity contribution in [3.8, 4) is 6.07 Å². The first-order chi connectivity index (χ1) is 11.7. The first-order valence-corrected chi connectivity index (χ1v) is 7.85. The van der Waals surface area contributed by atoms with E-state index in [1.54, 1.807) is 12.1 Å². The standard InChI is InChI=1S/C17H15ClN4O2/c18-16-15(9-12(10-19)11-20-16)21-17(23)13-1-3-14(4-2-13)22-5-7-24-8-6-22/h1-4,9,11H,5-8H2,(H,21,23). The predicted molar refractivity (Wildman–Crippen MR) is 91.4 cm³/mol. The number of morpholine rings is 1. The second kappa shape index (κ2) is 7.30. The van der Waals surface area contributed by atoms with E-state index in [1.807, 2.05) is 18.2 Å². The molecule has 1 aliphatic rings. The summed E-state index contributed by atoms with van der Waals surface area (Å²) in [5.74, 6) is -0.303. The van der Waals surface area contributed by atoms with Crippen LogP contribution in [0.1, 0.15) is 15.9 Å². The van der Waals surface area contributed by atoms with E-state index in [0.29, 0.717) is 30.0 Å². The molecule has 1 saturated heterocycles. The Kier molecular flexibility index (Phi) is 4.94. The Morgan fingerprint density at radius 2 is 2.00 bits per heavy atom. The fourth-order valence-corrected chi connectivity index (χ4v) is 2.59. The molecule has 6 nitrogen and oxygen atoms in total. The van der Waals surface area contributed by atoms with Crippen LogP contribution >= 0.6 is 11.6 Å². The van der Waals surface area contributed by atoms with Crippen LogP contribution in [0.4, 0.5) is 11.4 Å². The van der Waals surface area contributed by atoms with Gasteiger partial charge in [-0.25, -0.2) is 4.98 Å². The van der Waals surface area contributed by atoms with E-state index < -0.39 is 0 Å². The third kappa shape index (κ3) is 3.65. The summed E-state index contributed by atoms with van der Waals surface area (Å²) in [6.45, 7) is 3.10. The van der Waals surface area contributed by atoms with Crippen LogP contribution in [-0.4, -0.2) is 37.2 Å². The summed E-state index contributed by atoms with van der Waals surface area (Å²) in [5.41, 5.74) is 2.21. The molecule has 122 valence electrons. The molecule has 0 atom stereocenters. The molecule has 0 spiro atoms. The average Bonchev–Trinajstić information content (AvgIpc) is 2.64. The molecule has 1 aromatic heterocycles. The highest BCUT2D eigenvalue weighted by Crippen LogP contribution is 2.22. The average molecular weight is 343 g/mol. The first-order valence-electron chi connectivity index (χ1n) is 7.47. The SMILES string of the molecule is N#Cc1cnc(Cl)c(NC(=O)c2ccc(N3CCOCC3)cc2)c1. The van der Waals surface area contributed by atoms with E-state index in [9.17, 15) is 4.79 Å². The zero-order chi connectivity index (χ0) is 16.9. The van der Waals surface area contributed by atoms with Gasteiger partial charge >= 0.3 is 0 Å². The van der Waals surface area contributed by atoms with Crippen LogP contribution in [0, 0.1) is 11.3 Å². The summed E-state index contributed by atoms with van der Waals surface area (Å²) in [4.78, 5) is 18.4. The lowest BCUT2D eigenvalue weighted by Crippen LogP contribution is -2.36. The van der Waals surface area contributed by atoms with Gasteiger partial charge < -0.3 is 15.0 Å². The van der Waals surface area contributed by atoms with E-state index in [-0.39, 0.29) is 11.1 Å². The summed E-state index contributed by atoms with van der Waals surface area (Å²) in [7, 11) is 0. The number of amides is 1. The van der Waals surface area contributed by atoms with Crippen molar-refractivity contribution in [2.45, 2.75) is 0 Å². The number of anilines is 2. The van der Waals surface area contributed by atoms with Crippen molar-refractivity contribution in [3.63, 3.8) is 0 Å². The number of nitrogens with zero attached hydrogens (tertiary/aromatic N) is 3. The molecule has 0 unspecified atom stereocenters. The lowest BCUT2D eigenvalue weighted by Gasteiger charge is -2.28. The van der Waals surface area contributed by atoms with E-state index in [0.717, 1.165) is 18.8 Å². The molecular weight excluding hydrogens is 328 g/mol. The van der Waals surface area contributed by atoms with Crippen molar-refractivity contribution in [2.75, 3.05) is 36.5 Å². The number of carbonyl (C=O) groups is 1. The maximum atomic E-state index is 12.3. The molecule has 7 heteroatoms. The van der Waals surface area contributed by atoms with Crippen LogP contribution in [0.5, 0.6) is 0 Å². The quantitative estimate of drug-likeness (QED) is 0.868. The van der Waals surface area contributed by atoms with Crippen LogP contribution < -0.4 is 10.2 Å². The summed E-state index contributed by atoms with van der Waals surface area (Å²) >= 11 is 5.96. The van der Waals surface area contributed by atoms with Gasteiger partial charge in [0.05, 0.1) is 24.5 Å². The highest BCUT2D eigenvalue weighted by atomic mass is 35.5. The lowest BCUT2D eigenvalue weighted by atomic mass is 10.1. The van der Waals surface area contributed by atoms with Gasteiger partial charge in [-0.2, -0.15) is 5.26 Å². The Labute approximate surface area is 144 Å². The zero-order valence-corrected chi connectivity index (χ0v) is 13.6. The molecule has 1 N–H and O–H groups in total. The number of aromatic nitrogens is 1. The lowest BCUT2D eigenvalue weighted by molar-refractivity contribution is 0.102. The van der Waals surface area contributed by atoms with Gasteiger partial charge in [-0.1, -0.05) is 11.6 Å². The molecule has 24 heavy (non-hydrogen) atoms. The number of hydrogen-bond donors (Lipinski definition) is 1. The molecule has 2 aromatic rings. The van der Waals surface area contributed by atoms with Crippen molar-refractivity contribution in [3.05, 3.63) is 52.8 Å².